The first-order chi connectivity index (χ1) is 15.4. The molecular weight excluding hydrogens is 435 g/mol. The zero-order chi connectivity index (χ0) is 22.7. The van der Waals surface area contributed by atoms with Gasteiger partial charge in [0.25, 0.3) is 5.91 Å². The molecule has 2 aliphatic heterocycles. The molecule has 0 spiro atoms. The Bertz CT molecular complexity index is 1140. The van der Waals surface area contributed by atoms with Crippen molar-refractivity contribution in [3.63, 3.8) is 0 Å². The molecule has 4 rings (SSSR count). The van der Waals surface area contributed by atoms with Crippen molar-refractivity contribution >= 4 is 15.9 Å². The number of benzene rings is 2. The number of hydrogen-bond donors (Lipinski definition) is 2. The molecule has 0 radical (unpaired) electrons. The van der Waals surface area contributed by atoms with E-state index in [0.717, 1.165) is 6.42 Å². The topological polar surface area (TPSA) is 112 Å². The Labute approximate surface area is 186 Å². The van der Waals surface area contributed by atoms with Gasteiger partial charge in [-0.1, -0.05) is 24.3 Å². The van der Waals surface area contributed by atoms with Gasteiger partial charge in [-0.3, -0.25) is 10.1 Å². The van der Waals surface area contributed by atoms with Crippen LogP contribution in [0.15, 0.2) is 47.4 Å². The molecule has 0 bridgehead atoms. The van der Waals surface area contributed by atoms with E-state index in [9.17, 15) is 22.9 Å². The average molecular weight is 459 g/mol. The number of hydrogen-bond acceptors (Lipinski definition) is 6. The predicted molar refractivity (Wildman–Crippen MR) is 114 cm³/mol. The molecule has 2 atom stereocenters. The summed E-state index contributed by atoms with van der Waals surface area (Å²) in [5.41, 5.74) is 1.55. The molecule has 1 amide bonds. The molecule has 168 valence electrons. The maximum Gasteiger partial charge on any atom is 0.251 e. The second-order valence-electron chi connectivity index (χ2n) is 7.74. The van der Waals surface area contributed by atoms with Gasteiger partial charge in [0.05, 0.1) is 17.7 Å². The van der Waals surface area contributed by atoms with E-state index in [4.69, 9.17) is 4.74 Å². The third-order valence-corrected chi connectivity index (χ3v) is 7.51. The van der Waals surface area contributed by atoms with E-state index in [-0.39, 0.29) is 18.0 Å². The summed E-state index contributed by atoms with van der Waals surface area (Å²) in [7, 11) is -3.47. The number of amides is 1. The van der Waals surface area contributed by atoms with Crippen molar-refractivity contribution in [3.05, 3.63) is 53.8 Å². The standard InChI is InChI=1S/C22H23FN4O4S/c23-20-11-16(15-4-6-19(7-5-15)32(29,30)27-8-1-9-27)2-3-17(20)10-18(12-24)26-22(28)21-13-25-14-31-21/h2-7,11,18,21,25H,1,8-10,13-14H2,(H,26,28)/t18-,21?/m0/s1. The molecule has 10 heteroatoms. The van der Waals surface area contributed by atoms with Gasteiger partial charge >= 0.3 is 0 Å². The highest BCUT2D eigenvalue weighted by Gasteiger charge is 2.29. The Balaban J connectivity index is 1.44. The van der Waals surface area contributed by atoms with E-state index in [1.165, 1.54) is 22.5 Å². The molecule has 8 nitrogen and oxygen atoms in total. The number of sulfonamides is 1. The Hall–Kier alpha value is -2.84. The third-order valence-electron chi connectivity index (χ3n) is 5.60. The largest absolute Gasteiger partial charge is 0.352 e. The molecule has 2 aliphatic rings. The monoisotopic (exact) mass is 458 g/mol. The Morgan fingerprint density at radius 1 is 1.25 bits per heavy atom. The molecule has 1 unspecified atom stereocenters. The van der Waals surface area contributed by atoms with E-state index >= 15 is 0 Å². The second-order valence-corrected chi connectivity index (χ2v) is 9.67. The maximum absolute atomic E-state index is 14.7. The maximum atomic E-state index is 14.7. The summed E-state index contributed by atoms with van der Waals surface area (Å²) in [4.78, 5) is 12.3. The van der Waals surface area contributed by atoms with Gasteiger partial charge in [-0.15, -0.1) is 0 Å². The lowest BCUT2D eigenvalue weighted by Gasteiger charge is -2.29. The van der Waals surface area contributed by atoms with Crippen LogP contribution in [-0.4, -0.2) is 57.1 Å². The van der Waals surface area contributed by atoms with Crippen molar-refractivity contribution in [1.82, 2.24) is 14.9 Å². The fourth-order valence-electron chi connectivity index (χ4n) is 3.58. The Kier molecular flexibility index (Phi) is 6.53. The third kappa shape index (κ3) is 4.66. The van der Waals surface area contributed by atoms with E-state index in [1.807, 2.05) is 6.07 Å². The quantitative estimate of drug-likeness (QED) is 0.649. The number of nitriles is 1. The van der Waals surface area contributed by atoms with E-state index in [2.05, 4.69) is 10.6 Å². The first-order valence-corrected chi connectivity index (χ1v) is 11.7. The minimum absolute atomic E-state index is 0.0154. The van der Waals surface area contributed by atoms with Crippen molar-refractivity contribution in [3.8, 4) is 17.2 Å². The van der Waals surface area contributed by atoms with Crippen LogP contribution in [0.4, 0.5) is 4.39 Å². The first kappa shape index (κ1) is 22.4. The van der Waals surface area contributed by atoms with Crippen LogP contribution in [-0.2, 0) is 26.0 Å². The number of ether oxygens (including phenoxy) is 1. The number of nitrogens with one attached hydrogen (secondary N) is 2. The van der Waals surface area contributed by atoms with Gasteiger partial charge in [0, 0.05) is 26.1 Å². The normalized spacial score (nSPS) is 19.7. The molecule has 2 aromatic rings. The van der Waals surface area contributed by atoms with Crippen molar-refractivity contribution in [1.29, 1.82) is 5.26 Å². The number of halogens is 1. The molecule has 2 aromatic carbocycles. The summed E-state index contributed by atoms with van der Waals surface area (Å²) < 4.78 is 46.3. The van der Waals surface area contributed by atoms with Gasteiger partial charge in [0.1, 0.15) is 18.0 Å². The van der Waals surface area contributed by atoms with E-state index < -0.39 is 33.9 Å². The SMILES string of the molecule is N#C[C@H](Cc1ccc(-c2ccc(S(=O)(=O)N3CCC3)cc2)cc1F)NC(=O)C1CNCO1. The van der Waals surface area contributed by atoms with Gasteiger partial charge in [-0.05, 0) is 41.3 Å². The van der Waals surface area contributed by atoms with E-state index in [0.29, 0.717) is 36.3 Å². The van der Waals surface area contributed by atoms with Crippen LogP contribution in [0.5, 0.6) is 0 Å². The predicted octanol–water partition coefficient (Wildman–Crippen LogP) is 1.38. The van der Waals surface area contributed by atoms with Gasteiger partial charge in [0.2, 0.25) is 10.0 Å². The molecule has 0 aliphatic carbocycles. The molecule has 2 N–H and O–H groups in total. The van der Waals surface area contributed by atoms with Crippen LogP contribution in [0, 0.1) is 17.1 Å². The number of carbonyl (C=O) groups is 1. The van der Waals surface area contributed by atoms with Gasteiger partial charge in [-0.25, -0.2) is 12.8 Å². The van der Waals surface area contributed by atoms with Crippen LogP contribution in [0.1, 0.15) is 12.0 Å². The Morgan fingerprint density at radius 2 is 1.97 bits per heavy atom. The lowest BCUT2D eigenvalue weighted by molar-refractivity contribution is -0.129. The number of rotatable bonds is 7. The highest BCUT2D eigenvalue weighted by Crippen LogP contribution is 2.26. The lowest BCUT2D eigenvalue weighted by Crippen LogP contribution is -2.43. The summed E-state index contributed by atoms with van der Waals surface area (Å²) in [5.74, 6) is -0.917. The van der Waals surface area contributed by atoms with Gasteiger partial charge < -0.3 is 10.1 Å². The van der Waals surface area contributed by atoms with Gasteiger partial charge in [-0.2, -0.15) is 9.57 Å². The zero-order valence-corrected chi connectivity index (χ0v) is 18.1. The highest BCUT2D eigenvalue weighted by molar-refractivity contribution is 7.89. The molecule has 0 aromatic heterocycles. The molecule has 0 saturated carbocycles. The molecule has 2 saturated heterocycles. The van der Waals surface area contributed by atoms with Crippen molar-refractivity contribution in [2.24, 2.45) is 0 Å². The van der Waals surface area contributed by atoms with Crippen LogP contribution in [0.25, 0.3) is 11.1 Å². The van der Waals surface area contributed by atoms with E-state index in [1.54, 1.807) is 24.3 Å². The minimum Gasteiger partial charge on any atom is -0.352 e. The van der Waals surface area contributed by atoms with Crippen LogP contribution in [0.2, 0.25) is 0 Å². The fourth-order valence-corrected chi connectivity index (χ4v) is 5.10. The summed E-state index contributed by atoms with van der Waals surface area (Å²) in [5, 5.41) is 14.8. The van der Waals surface area contributed by atoms with Gasteiger partial charge in [0.15, 0.2) is 0 Å². The zero-order valence-electron chi connectivity index (χ0n) is 17.3. The smallest absolute Gasteiger partial charge is 0.251 e. The summed E-state index contributed by atoms with van der Waals surface area (Å²) in [6, 6.07) is 12.1. The van der Waals surface area contributed by atoms with Crippen LogP contribution >= 0.6 is 0 Å². The average Bonchev–Trinajstić information content (AvgIpc) is 3.28. The lowest BCUT2D eigenvalue weighted by atomic mass is 10.00. The minimum atomic E-state index is -3.47. The molecule has 32 heavy (non-hydrogen) atoms. The second kappa shape index (κ2) is 9.34. The molecular formula is C22H23FN4O4S. The van der Waals surface area contributed by atoms with Crippen molar-refractivity contribution in [2.45, 2.75) is 29.9 Å². The molecule has 2 heterocycles. The van der Waals surface area contributed by atoms with Crippen LogP contribution in [0.3, 0.4) is 0 Å². The fraction of sp³-hybridized carbons (Fsp3) is 0.364. The number of nitrogens with zero attached hydrogens (tertiary/aromatic N) is 2. The Morgan fingerprint density at radius 3 is 2.53 bits per heavy atom. The first-order valence-electron chi connectivity index (χ1n) is 10.3. The number of carbonyl (C=O) groups excluding carboxylic acids is 1. The summed E-state index contributed by atoms with van der Waals surface area (Å²) >= 11 is 0. The van der Waals surface area contributed by atoms with Crippen molar-refractivity contribution < 1.29 is 22.3 Å². The van der Waals surface area contributed by atoms with Crippen LogP contribution < -0.4 is 10.6 Å². The highest BCUT2D eigenvalue weighted by atomic mass is 32.2. The van der Waals surface area contributed by atoms with Crippen molar-refractivity contribution in [2.75, 3.05) is 26.4 Å². The molecule has 2 fully saturated rings. The summed E-state index contributed by atoms with van der Waals surface area (Å²) in [6.07, 6.45) is 0.220. The summed E-state index contributed by atoms with van der Waals surface area (Å²) in [6.45, 7) is 1.71.